The van der Waals surface area contributed by atoms with Crippen molar-refractivity contribution in [1.29, 1.82) is 0 Å². The van der Waals surface area contributed by atoms with Crippen LogP contribution in [-0.4, -0.2) is 11.7 Å². The van der Waals surface area contributed by atoms with E-state index in [0.29, 0.717) is 11.8 Å². The molecule has 1 aliphatic carbocycles. The molecule has 1 aromatic carbocycles. The molecule has 1 heterocycles. The number of para-hydroxylation sites is 1. The molecular formula is C14H18O2. The average molecular weight is 218 g/mol. The van der Waals surface area contributed by atoms with Crippen LogP contribution in [0.5, 0.6) is 5.75 Å². The molecule has 1 saturated carbocycles. The van der Waals surface area contributed by atoms with E-state index in [-0.39, 0.29) is 6.10 Å². The normalized spacial score (nSPS) is 33.2. The van der Waals surface area contributed by atoms with Gasteiger partial charge in [-0.3, -0.25) is 0 Å². The maximum Gasteiger partial charge on any atom is 0.125 e. The first kappa shape index (κ1) is 10.2. The second kappa shape index (κ2) is 4.10. The Balaban J connectivity index is 1.96. The molecule has 0 spiro atoms. The van der Waals surface area contributed by atoms with E-state index in [0.717, 1.165) is 24.3 Å². The van der Waals surface area contributed by atoms with Crippen molar-refractivity contribution in [3.63, 3.8) is 0 Å². The van der Waals surface area contributed by atoms with Gasteiger partial charge < -0.3 is 9.84 Å². The predicted octanol–water partition coefficient (Wildman–Crippen LogP) is 2.92. The van der Waals surface area contributed by atoms with E-state index in [9.17, 15) is 5.11 Å². The van der Waals surface area contributed by atoms with Gasteiger partial charge in [-0.15, -0.1) is 0 Å². The summed E-state index contributed by atoms with van der Waals surface area (Å²) < 4.78 is 5.83. The monoisotopic (exact) mass is 218 g/mol. The number of aliphatic hydroxyl groups excluding tert-OH is 1. The molecule has 2 heteroatoms. The third-order valence-electron chi connectivity index (χ3n) is 4.06. The molecule has 0 aromatic heterocycles. The molecule has 1 aromatic rings. The lowest BCUT2D eigenvalue weighted by atomic mass is 9.75. The highest BCUT2D eigenvalue weighted by atomic mass is 16.5. The third-order valence-corrected chi connectivity index (χ3v) is 4.06. The Morgan fingerprint density at radius 3 is 2.88 bits per heavy atom. The number of hydrogen-bond donors (Lipinski definition) is 1. The van der Waals surface area contributed by atoms with Gasteiger partial charge in [-0.1, -0.05) is 31.0 Å². The number of aliphatic hydroxyl groups is 1. The van der Waals surface area contributed by atoms with Gasteiger partial charge in [0.05, 0.1) is 12.7 Å². The first-order valence-corrected chi connectivity index (χ1v) is 6.26. The van der Waals surface area contributed by atoms with E-state index in [1.54, 1.807) is 0 Å². The van der Waals surface area contributed by atoms with E-state index >= 15 is 0 Å². The number of benzene rings is 1. The molecule has 1 fully saturated rings. The maximum absolute atomic E-state index is 10.5. The van der Waals surface area contributed by atoms with Crippen LogP contribution in [0.1, 0.15) is 37.4 Å². The molecule has 1 aliphatic heterocycles. The lowest BCUT2D eigenvalue weighted by Crippen LogP contribution is -2.27. The standard InChI is InChI=1S/C14H18O2/c15-14-11-6-2-1-5-10(11)9-16-13-8-4-3-7-12(13)14/h3-4,7-8,10-11,14-15H,1-2,5-6,9H2/t10-,11-,14-/m1/s1. The summed E-state index contributed by atoms with van der Waals surface area (Å²) in [6.07, 6.45) is 4.55. The van der Waals surface area contributed by atoms with Crippen LogP contribution in [0.15, 0.2) is 24.3 Å². The highest BCUT2D eigenvalue weighted by molar-refractivity contribution is 5.36. The molecule has 0 unspecified atom stereocenters. The number of fused-ring (bicyclic) bond motifs is 2. The summed E-state index contributed by atoms with van der Waals surface area (Å²) in [5, 5.41) is 10.5. The number of rotatable bonds is 0. The Bertz CT molecular complexity index is 375. The van der Waals surface area contributed by atoms with Gasteiger partial charge in [-0.05, 0) is 30.7 Å². The fraction of sp³-hybridized carbons (Fsp3) is 0.571. The first-order chi connectivity index (χ1) is 7.86. The van der Waals surface area contributed by atoms with Gasteiger partial charge >= 0.3 is 0 Å². The topological polar surface area (TPSA) is 29.5 Å². The largest absolute Gasteiger partial charge is 0.493 e. The molecule has 86 valence electrons. The summed E-state index contributed by atoms with van der Waals surface area (Å²) in [5.74, 6) is 1.82. The molecule has 0 amide bonds. The van der Waals surface area contributed by atoms with Gasteiger partial charge in [-0.25, -0.2) is 0 Å². The van der Waals surface area contributed by atoms with Gasteiger partial charge in [0.15, 0.2) is 0 Å². The zero-order valence-electron chi connectivity index (χ0n) is 9.43. The van der Waals surface area contributed by atoms with Crippen molar-refractivity contribution in [2.24, 2.45) is 11.8 Å². The van der Waals surface area contributed by atoms with Crippen LogP contribution in [0.4, 0.5) is 0 Å². The molecule has 0 bridgehead atoms. The Morgan fingerprint density at radius 2 is 1.94 bits per heavy atom. The second-order valence-electron chi connectivity index (χ2n) is 5.00. The van der Waals surface area contributed by atoms with Crippen molar-refractivity contribution in [3.8, 4) is 5.75 Å². The van der Waals surface area contributed by atoms with Crippen molar-refractivity contribution in [1.82, 2.24) is 0 Å². The summed E-state index contributed by atoms with van der Waals surface area (Å²) in [6.45, 7) is 0.777. The maximum atomic E-state index is 10.5. The Morgan fingerprint density at radius 1 is 1.12 bits per heavy atom. The molecule has 2 nitrogen and oxygen atoms in total. The van der Waals surface area contributed by atoms with Crippen LogP contribution in [0.3, 0.4) is 0 Å². The fourth-order valence-corrected chi connectivity index (χ4v) is 3.14. The summed E-state index contributed by atoms with van der Waals surface area (Å²) in [5.41, 5.74) is 0.983. The van der Waals surface area contributed by atoms with Gasteiger partial charge in [0.25, 0.3) is 0 Å². The molecule has 1 N–H and O–H groups in total. The minimum Gasteiger partial charge on any atom is -0.493 e. The van der Waals surface area contributed by atoms with Crippen LogP contribution in [0.2, 0.25) is 0 Å². The van der Waals surface area contributed by atoms with Gasteiger partial charge in [0.1, 0.15) is 5.75 Å². The molecule has 16 heavy (non-hydrogen) atoms. The zero-order valence-corrected chi connectivity index (χ0v) is 9.43. The van der Waals surface area contributed by atoms with Crippen LogP contribution in [0.25, 0.3) is 0 Å². The van der Waals surface area contributed by atoms with E-state index in [2.05, 4.69) is 0 Å². The number of ether oxygens (including phenoxy) is 1. The van der Waals surface area contributed by atoms with Crippen LogP contribution >= 0.6 is 0 Å². The molecular weight excluding hydrogens is 200 g/mol. The van der Waals surface area contributed by atoms with Crippen LogP contribution in [0, 0.1) is 11.8 Å². The highest BCUT2D eigenvalue weighted by Gasteiger charge is 2.35. The molecule has 3 rings (SSSR count). The lowest BCUT2D eigenvalue weighted by Gasteiger charge is -2.31. The Labute approximate surface area is 96.2 Å². The third kappa shape index (κ3) is 1.61. The van der Waals surface area contributed by atoms with Crippen molar-refractivity contribution < 1.29 is 9.84 Å². The average Bonchev–Trinajstić information content (AvgIpc) is 2.49. The van der Waals surface area contributed by atoms with E-state index in [4.69, 9.17) is 4.74 Å². The quantitative estimate of drug-likeness (QED) is 0.725. The fourth-order valence-electron chi connectivity index (χ4n) is 3.14. The van der Waals surface area contributed by atoms with Crippen LogP contribution < -0.4 is 4.74 Å². The summed E-state index contributed by atoms with van der Waals surface area (Å²) in [6, 6.07) is 7.92. The van der Waals surface area contributed by atoms with Crippen molar-refractivity contribution in [3.05, 3.63) is 29.8 Å². The summed E-state index contributed by atoms with van der Waals surface area (Å²) >= 11 is 0. The smallest absolute Gasteiger partial charge is 0.125 e. The Hall–Kier alpha value is -1.02. The molecule has 3 atom stereocenters. The summed E-state index contributed by atoms with van der Waals surface area (Å²) in [4.78, 5) is 0. The molecule has 0 saturated heterocycles. The lowest BCUT2D eigenvalue weighted by molar-refractivity contribution is 0.0422. The van der Waals surface area contributed by atoms with Gasteiger partial charge in [0.2, 0.25) is 0 Å². The number of hydrogen-bond acceptors (Lipinski definition) is 2. The van der Waals surface area contributed by atoms with E-state index < -0.39 is 0 Å². The SMILES string of the molecule is O[C@H]1c2ccccc2OC[C@H]2CCCC[C@H]21. The van der Waals surface area contributed by atoms with Gasteiger partial charge in [-0.2, -0.15) is 0 Å². The van der Waals surface area contributed by atoms with Crippen molar-refractivity contribution >= 4 is 0 Å². The van der Waals surface area contributed by atoms with E-state index in [1.165, 1.54) is 19.3 Å². The van der Waals surface area contributed by atoms with Gasteiger partial charge in [0, 0.05) is 5.56 Å². The zero-order chi connectivity index (χ0) is 11.0. The summed E-state index contributed by atoms with van der Waals surface area (Å²) in [7, 11) is 0. The molecule has 2 aliphatic rings. The highest BCUT2D eigenvalue weighted by Crippen LogP contribution is 2.43. The van der Waals surface area contributed by atoms with Crippen LogP contribution in [-0.2, 0) is 0 Å². The first-order valence-electron chi connectivity index (χ1n) is 6.26. The minimum absolute atomic E-state index is 0.330. The molecule has 0 radical (unpaired) electrons. The second-order valence-corrected chi connectivity index (χ2v) is 5.00. The van der Waals surface area contributed by atoms with Crippen molar-refractivity contribution in [2.45, 2.75) is 31.8 Å². The predicted molar refractivity (Wildman–Crippen MR) is 62.3 cm³/mol. The minimum atomic E-state index is -0.330. The van der Waals surface area contributed by atoms with E-state index in [1.807, 2.05) is 24.3 Å². The van der Waals surface area contributed by atoms with Crippen molar-refractivity contribution in [2.75, 3.05) is 6.61 Å². The Kier molecular flexibility index (Phi) is 2.60.